The van der Waals surface area contributed by atoms with E-state index in [0.29, 0.717) is 6.61 Å². The summed E-state index contributed by atoms with van der Waals surface area (Å²) in [5, 5.41) is 0. The van der Waals surface area contributed by atoms with E-state index in [9.17, 15) is 9.59 Å². The Kier molecular flexibility index (Phi) is 21.5. The van der Waals surface area contributed by atoms with Gasteiger partial charge in [-0.3, -0.25) is 9.59 Å². The zero-order chi connectivity index (χ0) is 23.2. The van der Waals surface area contributed by atoms with Gasteiger partial charge < -0.3 is 9.47 Å². The molecule has 0 rings (SSSR count). The number of alkyl halides is 3. The van der Waals surface area contributed by atoms with Gasteiger partial charge in [-0.1, -0.05) is 138 Å². The number of hydrogen-bond donors (Lipinski definition) is 0. The highest BCUT2D eigenvalue weighted by Crippen LogP contribution is 2.26. The van der Waals surface area contributed by atoms with Crippen molar-refractivity contribution >= 4 is 46.7 Å². The molecule has 0 spiro atoms. The first-order valence-electron chi connectivity index (χ1n) is 12.2. The molecule has 4 nitrogen and oxygen atoms in total. The topological polar surface area (TPSA) is 52.6 Å². The second kappa shape index (κ2) is 21.6. The number of carbonyl (C=O) groups excluding carboxylic acids is 2. The minimum Gasteiger partial charge on any atom is -0.466 e. The maximum Gasteiger partial charge on any atom is 0.306 e. The molecule has 31 heavy (non-hydrogen) atoms. The minimum absolute atomic E-state index is 0.0163. The Morgan fingerprint density at radius 1 is 0.581 bits per heavy atom. The summed E-state index contributed by atoms with van der Waals surface area (Å²) in [5.41, 5.74) is 0. The molecule has 184 valence electrons. The van der Waals surface area contributed by atoms with Crippen molar-refractivity contribution in [1.29, 1.82) is 0 Å². The summed E-state index contributed by atoms with van der Waals surface area (Å²) in [7, 11) is 0. The van der Waals surface area contributed by atoms with Crippen molar-refractivity contribution in [2.24, 2.45) is 0 Å². The predicted molar refractivity (Wildman–Crippen MR) is 131 cm³/mol. The molecule has 0 aromatic heterocycles. The van der Waals surface area contributed by atoms with E-state index in [1.807, 2.05) is 0 Å². The van der Waals surface area contributed by atoms with Gasteiger partial charge >= 0.3 is 11.9 Å². The fraction of sp³-hybridized carbons (Fsp3) is 0.917. The van der Waals surface area contributed by atoms with Crippen LogP contribution in [0.5, 0.6) is 0 Å². The monoisotopic (exact) mass is 500 g/mol. The highest BCUT2D eigenvalue weighted by atomic mass is 35.6. The number of carbonyl (C=O) groups is 2. The van der Waals surface area contributed by atoms with Crippen molar-refractivity contribution < 1.29 is 19.1 Å². The Hall–Kier alpha value is -0.190. The molecule has 0 fully saturated rings. The van der Waals surface area contributed by atoms with Crippen molar-refractivity contribution in [1.82, 2.24) is 0 Å². The third-order valence-electron chi connectivity index (χ3n) is 5.19. The molecule has 0 radical (unpaired) electrons. The molecule has 0 bridgehead atoms. The smallest absolute Gasteiger partial charge is 0.306 e. The third-order valence-corrected chi connectivity index (χ3v) is 5.52. The fourth-order valence-corrected chi connectivity index (χ4v) is 3.51. The molecule has 0 atom stereocenters. The van der Waals surface area contributed by atoms with Crippen molar-refractivity contribution in [3.63, 3.8) is 0 Å². The molecule has 0 heterocycles. The molecule has 0 aromatic carbocycles. The summed E-state index contributed by atoms with van der Waals surface area (Å²) in [6.07, 6.45) is 20.8. The highest BCUT2D eigenvalue weighted by molar-refractivity contribution is 6.67. The van der Waals surface area contributed by atoms with Gasteiger partial charge in [0.2, 0.25) is 3.79 Å². The van der Waals surface area contributed by atoms with Gasteiger partial charge in [-0.15, -0.1) is 0 Å². The predicted octanol–water partition coefficient (Wildman–Crippen LogP) is 8.48. The molecular formula is C24H43Cl3O4. The van der Waals surface area contributed by atoms with Gasteiger partial charge in [0, 0.05) is 0 Å². The van der Waals surface area contributed by atoms with Crippen LogP contribution in [0.4, 0.5) is 0 Å². The standard InChI is InChI=1S/C24H43Cl3O4/c1-2-3-4-5-6-7-8-9-10-11-12-13-14-15-16-17-20-30-22(28)18-19-23(29)31-21-24(25,26)27/h2-21H2,1H3. The number of hydrogen-bond acceptors (Lipinski definition) is 4. The quantitative estimate of drug-likeness (QED) is 0.0898. The van der Waals surface area contributed by atoms with E-state index in [0.717, 1.165) is 12.8 Å². The van der Waals surface area contributed by atoms with E-state index in [1.165, 1.54) is 89.9 Å². The Balaban J connectivity index is 3.27. The molecule has 0 aromatic rings. The second-order valence-corrected chi connectivity index (χ2v) is 10.8. The molecule has 0 aliphatic carbocycles. The Morgan fingerprint density at radius 2 is 0.935 bits per heavy atom. The van der Waals surface area contributed by atoms with Gasteiger partial charge in [0.15, 0.2) is 0 Å². The second-order valence-electron chi connectivity index (χ2n) is 8.30. The molecule has 0 N–H and O–H groups in total. The Labute approximate surface area is 205 Å². The molecule has 0 aliphatic rings. The van der Waals surface area contributed by atoms with Gasteiger partial charge in [-0.25, -0.2) is 0 Å². The van der Waals surface area contributed by atoms with Gasteiger partial charge in [0.05, 0.1) is 19.4 Å². The number of rotatable bonds is 21. The zero-order valence-corrected chi connectivity index (χ0v) is 21.7. The normalized spacial score (nSPS) is 11.5. The summed E-state index contributed by atoms with van der Waals surface area (Å²) < 4.78 is 8.25. The van der Waals surface area contributed by atoms with Crippen LogP contribution in [0, 0.1) is 0 Å². The zero-order valence-electron chi connectivity index (χ0n) is 19.4. The number of unbranched alkanes of at least 4 members (excludes halogenated alkanes) is 15. The van der Waals surface area contributed by atoms with Gasteiger partial charge in [-0.2, -0.15) is 0 Å². The van der Waals surface area contributed by atoms with Crippen molar-refractivity contribution in [3.8, 4) is 0 Å². The van der Waals surface area contributed by atoms with E-state index >= 15 is 0 Å². The first-order valence-corrected chi connectivity index (χ1v) is 13.4. The van der Waals surface area contributed by atoms with Crippen molar-refractivity contribution in [2.75, 3.05) is 13.2 Å². The summed E-state index contributed by atoms with van der Waals surface area (Å²) in [6, 6.07) is 0. The molecule has 7 heteroatoms. The van der Waals surface area contributed by atoms with Gasteiger partial charge in [-0.05, 0) is 6.42 Å². The average molecular weight is 502 g/mol. The largest absolute Gasteiger partial charge is 0.466 e. The maximum absolute atomic E-state index is 11.6. The summed E-state index contributed by atoms with van der Waals surface area (Å²) in [4.78, 5) is 23.0. The summed E-state index contributed by atoms with van der Waals surface area (Å²) in [6.45, 7) is 2.34. The maximum atomic E-state index is 11.6. The van der Waals surface area contributed by atoms with Crippen LogP contribution >= 0.6 is 34.8 Å². The lowest BCUT2D eigenvalue weighted by molar-refractivity contribution is -0.150. The van der Waals surface area contributed by atoms with Gasteiger partial charge in [0.25, 0.3) is 0 Å². The molecule has 0 amide bonds. The first-order chi connectivity index (χ1) is 14.8. The van der Waals surface area contributed by atoms with Crippen LogP contribution in [0.15, 0.2) is 0 Å². The van der Waals surface area contributed by atoms with Gasteiger partial charge in [0.1, 0.15) is 6.61 Å². The lowest BCUT2D eigenvalue weighted by Gasteiger charge is -2.11. The lowest BCUT2D eigenvalue weighted by Crippen LogP contribution is -2.18. The van der Waals surface area contributed by atoms with Crippen LogP contribution in [0.25, 0.3) is 0 Å². The van der Waals surface area contributed by atoms with E-state index in [2.05, 4.69) is 6.92 Å². The first kappa shape index (κ1) is 30.8. The van der Waals surface area contributed by atoms with Crippen LogP contribution in [0.2, 0.25) is 0 Å². The van der Waals surface area contributed by atoms with Crippen LogP contribution in [0.3, 0.4) is 0 Å². The highest BCUT2D eigenvalue weighted by Gasteiger charge is 2.22. The summed E-state index contributed by atoms with van der Waals surface area (Å²) in [5.74, 6) is -0.975. The number of halogens is 3. The van der Waals surface area contributed by atoms with Crippen LogP contribution in [0.1, 0.15) is 122 Å². The van der Waals surface area contributed by atoms with E-state index < -0.39 is 15.7 Å². The SMILES string of the molecule is CCCCCCCCCCCCCCCCCCOC(=O)CCC(=O)OCC(Cl)(Cl)Cl. The molecule has 0 saturated heterocycles. The third kappa shape index (κ3) is 25.9. The molecule has 0 saturated carbocycles. The van der Waals surface area contributed by atoms with E-state index in [1.54, 1.807) is 0 Å². The molecular weight excluding hydrogens is 459 g/mol. The van der Waals surface area contributed by atoms with E-state index in [-0.39, 0.29) is 19.4 Å². The Bertz CT molecular complexity index is 439. The number of ether oxygens (including phenoxy) is 2. The van der Waals surface area contributed by atoms with E-state index in [4.69, 9.17) is 44.3 Å². The number of esters is 2. The Morgan fingerprint density at radius 3 is 1.32 bits per heavy atom. The van der Waals surface area contributed by atoms with Crippen LogP contribution in [-0.2, 0) is 19.1 Å². The summed E-state index contributed by atoms with van der Waals surface area (Å²) >= 11 is 16.5. The lowest BCUT2D eigenvalue weighted by atomic mass is 10.0. The van der Waals surface area contributed by atoms with Crippen LogP contribution in [-0.4, -0.2) is 28.9 Å². The van der Waals surface area contributed by atoms with Crippen LogP contribution < -0.4 is 0 Å². The fourth-order valence-electron chi connectivity index (χ4n) is 3.35. The minimum atomic E-state index is -1.64. The van der Waals surface area contributed by atoms with Crippen molar-refractivity contribution in [3.05, 3.63) is 0 Å². The average Bonchev–Trinajstić information content (AvgIpc) is 2.72. The molecule has 0 unspecified atom stereocenters. The van der Waals surface area contributed by atoms with Crippen molar-refractivity contribution in [2.45, 2.75) is 126 Å². The molecule has 0 aliphatic heterocycles.